The Hall–Kier alpha value is 0.0700. The molecule has 3 nitrogen and oxygen atoms in total. The molecule has 1 unspecified atom stereocenters. The Balaban J connectivity index is 2.09. The van der Waals surface area contributed by atoms with Crippen LogP contribution in [0.2, 0.25) is 0 Å². The van der Waals surface area contributed by atoms with Crippen LogP contribution in [0.5, 0.6) is 0 Å². The molecule has 2 N–H and O–H groups in total. The zero-order chi connectivity index (χ0) is 5.98. The molecule has 0 heterocycles. The first-order valence-electron chi connectivity index (χ1n) is 2.66. The molecule has 0 aromatic carbocycles. The van der Waals surface area contributed by atoms with Gasteiger partial charge in [-0.2, -0.15) is 0 Å². The molecule has 1 aliphatic rings. The van der Waals surface area contributed by atoms with E-state index in [1.165, 1.54) is 6.42 Å². The van der Waals surface area contributed by atoms with Crippen molar-refractivity contribution in [1.82, 2.24) is 4.72 Å². The Bertz CT molecular complexity index is 102. The van der Waals surface area contributed by atoms with Gasteiger partial charge >= 0.3 is 0 Å². The lowest BCUT2D eigenvalue weighted by molar-refractivity contribution is 0.380. The van der Waals surface area contributed by atoms with Crippen molar-refractivity contribution in [3.8, 4) is 0 Å². The van der Waals surface area contributed by atoms with E-state index >= 15 is 0 Å². The van der Waals surface area contributed by atoms with E-state index in [1.54, 1.807) is 0 Å². The van der Waals surface area contributed by atoms with Crippen LogP contribution in [0.25, 0.3) is 0 Å². The third-order valence-electron chi connectivity index (χ3n) is 1.37. The molecule has 0 spiro atoms. The predicted molar refractivity (Wildman–Crippen MR) is 31.5 cm³/mol. The molecule has 0 saturated heterocycles. The maximum absolute atomic E-state index is 10.0. The monoisotopic (exact) mass is 135 g/mol. The number of nitrogens with one attached hydrogen (secondary N) is 1. The second-order valence-electron chi connectivity index (χ2n) is 1.99. The molecule has 0 aromatic rings. The first-order valence-corrected chi connectivity index (χ1v) is 3.77. The van der Waals surface area contributed by atoms with Gasteiger partial charge in [-0.05, 0) is 12.8 Å². The van der Waals surface area contributed by atoms with E-state index in [9.17, 15) is 4.21 Å². The summed E-state index contributed by atoms with van der Waals surface area (Å²) in [6.07, 6.45) is 3.29. The van der Waals surface area contributed by atoms with Gasteiger partial charge in [0, 0.05) is 6.04 Å². The topological polar surface area (TPSA) is 49.3 Å². The van der Waals surface area contributed by atoms with Gasteiger partial charge in [0.1, 0.15) is 0 Å². The highest BCUT2D eigenvalue weighted by Crippen LogP contribution is 2.17. The molecule has 1 aliphatic carbocycles. The highest BCUT2D eigenvalue weighted by Gasteiger charge is 2.17. The zero-order valence-corrected chi connectivity index (χ0v) is 5.28. The van der Waals surface area contributed by atoms with Gasteiger partial charge in [0.05, 0.1) is 0 Å². The van der Waals surface area contributed by atoms with E-state index in [4.69, 9.17) is 4.55 Å². The molecule has 48 valence electrons. The summed E-state index contributed by atoms with van der Waals surface area (Å²) < 4.78 is 20.8. The highest BCUT2D eigenvalue weighted by atomic mass is 32.2. The van der Waals surface area contributed by atoms with Crippen LogP contribution in [0.15, 0.2) is 0 Å². The van der Waals surface area contributed by atoms with Gasteiger partial charge in [-0.15, -0.1) is 0 Å². The lowest BCUT2D eigenvalue weighted by Crippen LogP contribution is -2.35. The molecule has 1 saturated carbocycles. The predicted octanol–water partition coefficient (Wildman–Crippen LogP) is 0.265. The first-order chi connectivity index (χ1) is 3.79. The molecule has 1 atom stereocenters. The molecular formula is C4H9NO2S. The summed E-state index contributed by atoms with van der Waals surface area (Å²) in [5, 5.41) is 0. The molecule has 1 rings (SSSR count). The Morgan fingerprint density at radius 1 is 1.62 bits per heavy atom. The summed E-state index contributed by atoms with van der Waals surface area (Å²) in [6.45, 7) is 0. The van der Waals surface area contributed by atoms with Crippen LogP contribution in [0.3, 0.4) is 0 Å². The molecule has 0 radical (unpaired) electrons. The number of rotatable bonds is 2. The summed E-state index contributed by atoms with van der Waals surface area (Å²) in [7, 11) is 0. The fourth-order valence-electron chi connectivity index (χ4n) is 0.669. The normalized spacial score (nSPS) is 24.6. The second kappa shape index (κ2) is 2.57. The van der Waals surface area contributed by atoms with E-state index in [0.29, 0.717) is 6.04 Å². The molecule has 0 aliphatic heterocycles. The summed E-state index contributed by atoms with van der Waals surface area (Å²) in [6, 6.07) is 0.306. The third kappa shape index (κ3) is 1.54. The lowest BCUT2D eigenvalue weighted by atomic mass is 9.94. The Morgan fingerprint density at radius 3 is 2.38 bits per heavy atom. The van der Waals surface area contributed by atoms with Gasteiger partial charge in [-0.25, -0.2) is 8.93 Å². The summed E-state index contributed by atoms with van der Waals surface area (Å²) in [4.78, 5) is 0. The van der Waals surface area contributed by atoms with Crippen LogP contribution in [0.4, 0.5) is 0 Å². The van der Waals surface area contributed by atoms with Crippen molar-refractivity contribution in [3.05, 3.63) is 0 Å². The van der Waals surface area contributed by atoms with Gasteiger partial charge in [0.2, 0.25) is 11.3 Å². The average Bonchev–Trinajstić information content (AvgIpc) is 1.55. The molecule has 8 heavy (non-hydrogen) atoms. The van der Waals surface area contributed by atoms with E-state index in [2.05, 4.69) is 4.72 Å². The van der Waals surface area contributed by atoms with Crippen LogP contribution in [-0.2, 0) is 11.3 Å². The molecule has 0 bridgehead atoms. The van der Waals surface area contributed by atoms with Crippen molar-refractivity contribution in [2.75, 3.05) is 0 Å². The van der Waals surface area contributed by atoms with Crippen molar-refractivity contribution >= 4 is 11.3 Å². The van der Waals surface area contributed by atoms with Gasteiger partial charge in [0.25, 0.3) is 0 Å². The standard InChI is InChI=1S/C4H9NO2S/c6-8(7)5-4-2-1-3-4/h4-5H,1-3H2,(H,6,7). The summed E-state index contributed by atoms with van der Waals surface area (Å²) in [5.74, 6) is 0. The fourth-order valence-corrected chi connectivity index (χ4v) is 1.19. The average molecular weight is 135 g/mol. The molecule has 4 heteroatoms. The minimum absolute atomic E-state index is 0.306. The molecule has 0 aromatic heterocycles. The van der Waals surface area contributed by atoms with Crippen LogP contribution in [-0.4, -0.2) is 14.8 Å². The SMILES string of the molecule is O=S(O)NC1CCC1. The van der Waals surface area contributed by atoms with E-state index in [-0.39, 0.29) is 0 Å². The van der Waals surface area contributed by atoms with Crippen molar-refractivity contribution in [1.29, 1.82) is 0 Å². The molecular weight excluding hydrogens is 126 g/mol. The van der Waals surface area contributed by atoms with Crippen molar-refractivity contribution in [2.24, 2.45) is 0 Å². The second-order valence-corrected chi connectivity index (χ2v) is 2.73. The largest absolute Gasteiger partial charge is 0.294 e. The Kier molecular flexibility index (Phi) is 1.99. The van der Waals surface area contributed by atoms with E-state index < -0.39 is 11.3 Å². The van der Waals surface area contributed by atoms with Gasteiger partial charge in [-0.3, -0.25) is 4.55 Å². The maximum Gasteiger partial charge on any atom is 0.231 e. The fraction of sp³-hybridized carbons (Fsp3) is 1.00. The number of hydrogen-bond donors (Lipinski definition) is 2. The third-order valence-corrected chi connectivity index (χ3v) is 1.91. The number of hydrogen-bond acceptors (Lipinski definition) is 1. The minimum Gasteiger partial charge on any atom is -0.294 e. The van der Waals surface area contributed by atoms with Gasteiger partial charge in [0.15, 0.2) is 0 Å². The maximum atomic E-state index is 10.0. The van der Waals surface area contributed by atoms with Crippen LogP contribution >= 0.6 is 0 Å². The van der Waals surface area contributed by atoms with Gasteiger partial charge < -0.3 is 0 Å². The van der Waals surface area contributed by atoms with Crippen LogP contribution in [0, 0.1) is 0 Å². The van der Waals surface area contributed by atoms with Crippen molar-refractivity contribution in [3.63, 3.8) is 0 Å². The zero-order valence-electron chi connectivity index (χ0n) is 4.46. The smallest absolute Gasteiger partial charge is 0.231 e. The summed E-state index contributed by atoms with van der Waals surface area (Å²) in [5.41, 5.74) is 0. The van der Waals surface area contributed by atoms with Crippen molar-refractivity contribution < 1.29 is 8.76 Å². The van der Waals surface area contributed by atoms with Crippen LogP contribution < -0.4 is 4.72 Å². The van der Waals surface area contributed by atoms with E-state index in [1.807, 2.05) is 0 Å². The van der Waals surface area contributed by atoms with Crippen LogP contribution in [0.1, 0.15) is 19.3 Å². The minimum atomic E-state index is -1.79. The highest BCUT2D eigenvalue weighted by molar-refractivity contribution is 7.77. The summed E-state index contributed by atoms with van der Waals surface area (Å²) >= 11 is -1.79. The Labute approximate surface area is 50.9 Å². The first kappa shape index (κ1) is 6.19. The van der Waals surface area contributed by atoms with E-state index in [0.717, 1.165) is 12.8 Å². The molecule has 0 amide bonds. The molecule has 1 fully saturated rings. The van der Waals surface area contributed by atoms with Crippen molar-refractivity contribution in [2.45, 2.75) is 25.3 Å². The van der Waals surface area contributed by atoms with Gasteiger partial charge in [-0.1, -0.05) is 6.42 Å². The lowest BCUT2D eigenvalue weighted by Gasteiger charge is -2.23. The quantitative estimate of drug-likeness (QED) is 0.534. The Morgan fingerprint density at radius 2 is 2.25 bits per heavy atom.